The highest BCUT2D eigenvalue weighted by atomic mass is 16.1. The molecule has 3 aliphatic carbocycles. The molecule has 0 heterocycles. The van der Waals surface area contributed by atoms with Crippen molar-refractivity contribution in [3.05, 3.63) is 0 Å². The summed E-state index contributed by atoms with van der Waals surface area (Å²) in [5, 5.41) is 0. The molecule has 0 aromatic heterocycles. The van der Waals surface area contributed by atoms with Gasteiger partial charge in [0.25, 0.3) is 0 Å². The maximum atomic E-state index is 12.7. The lowest BCUT2D eigenvalue weighted by molar-refractivity contribution is -0.125. The molecule has 0 amide bonds. The fraction of sp³-hybridized carbons (Fsp3) is 0.955. The summed E-state index contributed by atoms with van der Waals surface area (Å²) in [6.45, 7) is 4.78. The molecule has 132 valence electrons. The molecule has 0 radical (unpaired) electrons. The summed E-state index contributed by atoms with van der Waals surface area (Å²) >= 11 is 0. The third-order valence-electron chi connectivity index (χ3n) is 7.58. The number of hydrogen-bond acceptors (Lipinski definition) is 1. The third-order valence-corrected chi connectivity index (χ3v) is 7.58. The molecule has 3 saturated carbocycles. The van der Waals surface area contributed by atoms with Crippen LogP contribution in [-0.2, 0) is 4.79 Å². The number of Topliss-reactive ketones (excluding diaryl/α,β-unsaturated/α-hetero) is 1. The van der Waals surface area contributed by atoms with Crippen LogP contribution in [0.3, 0.4) is 0 Å². The first kappa shape index (κ1) is 17.5. The summed E-state index contributed by atoms with van der Waals surface area (Å²) in [7, 11) is 0. The van der Waals surface area contributed by atoms with Crippen molar-refractivity contribution in [3.8, 4) is 0 Å². The average molecular weight is 319 g/mol. The van der Waals surface area contributed by atoms with E-state index in [4.69, 9.17) is 0 Å². The molecule has 0 aromatic carbocycles. The van der Waals surface area contributed by atoms with Crippen LogP contribution in [0.4, 0.5) is 0 Å². The molecule has 0 aromatic rings. The van der Waals surface area contributed by atoms with E-state index >= 15 is 0 Å². The van der Waals surface area contributed by atoms with Crippen LogP contribution in [0.1, 0.15) is 97.3 Å². The lowest BCUT2D eigenvalue weighted by Crippen LogP contribution is -2.29. The van der Waals surface area contributed by atoms with Crippen LogP contribution in [0, 0.1) is 35.5 Å². The summed E-state index contributed by atoms with van der Waals surface area (Å²) in [4.78, 5) is 12.7. The summed E-state index contributed by atoms with van der Waals surface area (Å²) in [5.41, 5.74) is 0. The first-order chi connectivity index (χ1) is 11.1. The summed E-state index contributed by atoms with van der Waals surface area (Å²) < 4.78 is 0. The first-order valence-corrected chi connectivity index (χ1v) is 10.6. The molecule has 0 unspecified atom stereocenters. The number of hydrogen-bond donors (Lipinski definition) is 0. The average Bonchev–Trinajstić information content (AvgIpc) is 2.58. The zero-order valence-electron chi connectivity index (χ0n) is 15.6. The first-order valence-electron chi connectivity index (χ1n) is 10.6. The van der Waals surface area contributed by atoms with E-state index in [-0.39, 0.29) is 0 Å². The van der Waals surface area contributed by atoms with Crippen molar-refractivity contribution in [2.45, 2.75) is 97.3 Å². The van der Waals surface area contributed by atoms with Gasteiger partial charge in [0.2, 0.25) is 0 Å². The van der Waals surface area contributed by atoms with Gasteiger partial charge in [-0.2, -0.15) is 0 Å². The topological polar surface area (TPSA) is 17.1 Å². The fourth-order valence-electron chi connectivity index (χ4n) is 5.65. The van der Waals surface area contributed by atoms with Gasteiger partial charge < -0.3 is 0 Å². The van der Waals surface area contributed by atoms with Crippen LogP contribution in [0.5, 0.6) is 0 Å². The molecule has 23 heavy (non-hydrogen) atoms. The zero-order chi connectivity index (χ0) is 16.2. The van der Waals surface area contributed by atoms with Crippen molar-refractivity contribution in [1.82, 2.24) is 0 Å². The number of ketones is 1. The molecule has 0 bridgehead atoms. The number of rotatable bonds is 4. The molecule has 0 N–H and O–H groups in total. The molecule has 0 aliphatic heterocycles. The van der Waals surface area contributed by atoms with E-state index in [1.165, 1.54) is 77.0 Å². The van der Waals surface area contributed by atoms with Crippen LogP contribution < -0.4 is 0 Å². The van der Waals surface area contributed by atoms with Crippen molar-refractivity contribution in [1.29, 1.82) is 0 Å². The lowest BCUT2D eigenvalue weighted by Gasteiger charge is -2.37. The van der Waals surface area contributed by atoms with Crippen molar-refractivity contribution in [2.24, 2.45) is 35.5 Å². The Hall–Kier alpha value is -0.330. The Balaban J connectivity index is 1.39. The van der Waals surface area contributed by atoms with E-state index in [2.05, 4.69) is 13.8 Å². The van der Waals surface area contributed by atoms with Gasteiger partial charge in [-0.15, -0.1) is 0 Å². The van der Waals surface area contributed by atoms with Gasteiger partial charge in [-0.1, -0.05) is 39.5 Å². The molecule has 0 atom stereocenters. The van der Waals surface area contributed by atoms with Crippen LogP contribution in [0.25, 0.3) is 0 Å². The smallest absolute Gasteiger partial charge is 0.136 e. The molecule has 3 aliphatic rings. The molecule has 0 spiro atoms. The Morgan fingerprint density at radius 1 is 0.652 bits per heavy atom. The van der Waals surface area contributed by atoms with Crippen LogP contribution >= 0.6 is 0 Å². The van der Waals surface area contributed by atoms with E-state index in [0.29, 0.717) is 11.7 Å². The third kappa shape index (κ3) is 4.83. The summed E-state index contributed by atoms with van der Waals surface area (Å²) in [6, 6.07) is 0. The van der Waals surface area contributed by atoms with Crippen LogP contribution in [-0.4, -0.2) is 5.78 Å². The highest BCUT2D eigenvalue weighted by molar-refractivity contribution is 5.81. The predicted octanol–water partition coefficient (Wildman–Crippen LogP) is 6.40. The highest BCUT2D eigenvalue weighted by Crippen LogP contribution is 2.42. The molecule has 3 fully saturated rings. The van der Waals surface area contributed by atoms with Crippen LogP contribution in [0.2, 0.25) is 0 Å². The molecular weight excluding hydrogens is 280 g/mol. The Morgan fingerprint density at radius 2 is 1.09 bits per heavy atom. The summed E-state index contributed by atoms with van der Waals surface area (Å²) in [6.07, 6.45) is 17.2. The molecule has 1 nitrogen and oxygen atoms in total. The lowest BCUT2D eigenvalue weighted by atomic mass is 9.68. The number of carbonyl (C=O) groups is 1. The summed E-state index contributed by atoms with van der Waals surface area (Å²) in [5.74, 6) is 5.56. The van der Waals surface area contributed by atoms with Gasteiger partial charge in [0.1, 0.15) is 5.78 Å². The van der Waals surface area contributed by atoms with Gasteiger partial charge in [-0.3, -0.25) is 4.79 Å². The quantitative estimate of drug-likeness (QED) is 0.585. The minimum atomic E-state index is 0.424. The standard InChI is InChI=1S/C22H38O/c1-16-3-7-18(8-4-16)15-22(23)21-13-11-20(12-14-21)19-9-5-17(2)6-10-19/h16-21H,3-15H2,1-2H3. The maximum absolute atomic E-state index is 12.7. The van der Waals surface area contributed by atoms with E-state index in [9.17, 15) is 4.79 Å². The zero-order valence-corrected chi connectivity index (χ0v) is 15.6. The molecular formula is C22H38O. The monoisotopic (exact) mass is 318 g/mol. The Bertz CT molecular complexity index is 363. The Labute approximate surface area is 144 Å². The molecule has 1 heteroatoms. The van der Waals surface area contributed by atoms with Crippen molar-refractivity contribution >= 4 is 5.78 Å². The van der Waals surface area contributed by atoms with E-state index in [0.717, 1.165) is 36.0 Å². The van der Waals surface area contributed by atoms with Gasteiger partial charge in [0.05, 0.1) is 0 Å². The SMILES string of the molecule is CC1CCC(CC(=O)C2CCC(C3CCC(C)CC3)CC2)CC1. The van der Waals surface area contributed by atoms with Gasteiger partial charge in [-0.05, 0) is 81.0 Å². The van der Waals surface area contributed by atoms with E-state index in [1.54, 1.807) is 0 Å². The van der Waals surface area contributed by atoms with Gasteiger partial charge in [0, 0.05) is 12.3 Å². The van der Waals surface area contributed by atoms with Gasteiger partial charge in [-0.25, -0.2) is 0 Å². The van der Waals surface area contributed by atoms with Gasteiger partial charge in [0.15, 0.2) is 0 Å². The Morgan fingerprint density at radius 3 is 1.61 bits per heavy atom. The second-order valence-corrected chi connectivity index (χ2v) is 9.43. The van der Waals surface area contributed by atoms with Crippen molar-refractivity contribution < 1.29 is 4.79 Å². The van der Waals surface area contributed by atoms with E-state index < -0.39 is 0 Å². The maximum Gasteiger partial charge on any atom is 0.136 e. The normalized spacial score (nSPS) is 42.3. The van der Waals surface area contributed by atoms with Crippen molar-refractivity contribution in [2.75, 3.05) is 0 Å². The largest absolute Gasteiger partial charge is 0.299 e. The molecule has 0 saturated heterocycles. The fourth-order valence-corrected chi connectivity index (χ4v) is 5.65. The van der Waals surface area contributed by atoms with Crippen LogP contribution in [0.15, 0.2) is 0 Å². The van der Waals surface area contributed by atoms with E-state index in [1.807, 2.05) is 0 Å². The second kappa shape index (κ2) is 8.17. The Kier molecular flexibility index (Phi) is 6.21. The number of carbonyl (C=O) groups excluding carboxylic acids is 1. The minimum absolute atomic E-state index is 0.424. The second-order valence-electron chi connectivity index (χ2n) is 9.43. The highest BCUT2D eigenvalue weighted by Gasteiger charge is 2.33. The molecule has 3 rings (SSSR count). The van der Waals surface area contributed by atoms with Crippen molar-refractivity contribution in [3.63, 3.8) is 0 Å². The van der Waals surface area contributed by atoms with Gasteiger partial charge >= 0.3 is 0 Å². The minimum Gasteiger partial charge on any atom is -0.299 e. The predicted molar refractivity (Wildman–Crippen MR) is 97.3 cm³/mol.